The minimum absolute atomic E-state index is 0.488. The van der Waals surface area contributed by atoms with Gasteiger partial charge in [-0.3, -0.25) is 0 Å². The smallest absolute Gasteiger partial charge is 0.100 e. The third-order valence-electron chi connectivity index (χ3n) is 1.35. The molecule has 0 saturated heterocycles. The van der Waals surface area contributed by atoms with Crippen molar-refractivity contribution >= 4 is 0 Å². The van der Waals surface area contributed by atoms with Crippen molar-refractivity contribution in [3.05, 3.63) is 23.3 Å². The minimum Gasteiger partial charge on any atom is -0.192 e. The van der Waals surface area contributed by atoms with Crippen molar-refractivity contribution in [1.29, 1.82) is 10.5 Å². The first kappa shape index (κ1) is 10.5. The summed E-state index contributed by atoms with van der Waals surface area (Å²) in [5.74, 6) is 0. The average Bonchev–Trinajstić information content (AvgIpc) is 2.11. The molecule has 62 valence electrons. The molecule has 0 aliphatic rings. The van der Waals surface area contributed by atoms with E-state index in [9.17, 15) is 0 Å². The van der Waals surface area contributed by atoms with Crippen molar-refractivity contribution in [1.82, 2.24) is 0 Å². The van der Waals surface area contributed by atoms with Crippen LogP contribution in [0.25, 0.3) is 0 Å². The lowest BCUT2D eigenvalue weighted by molar-refractivity contribution is 1.18. The van der Waals surface area contributed by atoms with E-state index in [0.717, 1.165) is 12.8 Å². The zero-order chi connectivity index (χ0) is 9.40. The van der Waals surface area contributed by atoms with E-state index in [2.05, 4.69) is 0 Å². The Morgan fingerprint density at radius 2 is 1.33 bits per heavy atom. The second-order valence-electron chi connectivity index (χ2n) is 2.28. The van der Waals surface area contributed by atoms with Gasteiger partial charge in [-0.15, -0.1) is 0 Å². The predicted octanol–water partition coefficient (Wildman–Crippen LogP) is 2.71. The predicted molar refractivity (Wildman–Crippen MR) is 48.0 cm³/mol. The summed E-state index contributed by atoms with van der Waals surface area (Å²) in [5.41, 5.74) is 0.976. The van der Waals surface area contributed by atoms with Crippen LogP contribution < -0.4 is 0 Å². The standard InChI is InChI=1S/C10H12N2/c1-3-5-9(7-11)10(8-12)6-4-2/h5-6H,3-4H2,1-2H3/b9-5-,10-6?. The van der Waals surface area contributed by atoms with Crippen LogP contribution in [0.15, 0.2) is 23.3 Å². The van der Waals surface area contributed by atoms with Crippen LogP contribution in [0.5, 0.6) is 0 Å². The normalized spacial score (nSPS) is 12.0. The number of nitriles is 2. The molecule has 0 bridgehead atoms. The summed E-state index contributed by atoms with van der Waals surface area (Å²) in [7, 11) is 0. The Kier molecular flexibility index (Phi) is 5.39. The zero-order valence-corrected chi connectivity index (χ0v) is 7.46. The molecule has 0 amide bonds. The van der Waals surface area contributed by atoms with Gasteiger partial charge in [0.25, 0.3) is 0 Å². The summed E-state index contributed by atoms with van der Waals surface area (Å²) in [6, 6.07) is 4.02. The van der Waals surface area contributed by atoms with Crippen LogP contribution in [0.2, 0.25) is 0 Å². The maximum absolute atomic E-state index is 8.68. The Morgan fingerprint density at radius 3 is 1.50 bits per heavy atom. The summed E-state index contributed by atoms with van der Waals surface area (Å²) in [6.07, 6.45) is 5.10. The van der Waals surface area contributed by atoms with Gasteiger partial charge in [-0.1, -0.05) is 26.0 Å². The molecule has 0 unspecified atom stereocenters. The second kappa shape index (κ2) is 6.19. The molecular weight excluding hydrogens is 148 g/mol. The van der Waals surface area contributed by atoms with Crippen molar-refractivity contribution in [3.8, 4) is 12.1 Å². The molecule has 12 heavy (non-hydrogen) atoms. The molecule has 0 saturated carbocycles. The summed E-state index contributed by atoms with van der Waals surface area (Å²) in [5, 5.41) is 17.4. The molecule has 0 aliphatic carbocycles. The number of nitrogens with zero attached hydrogens (tertiary/aromatic N) is 2. The number of allylic oxidation sites excluding steroid dienone is 4. The third kappa shape index (κ3) is 3.03. The van der Waals surface area contributed by atoms with Gasteiger partial charge in [-0.05, 0) is 12.8 Å². The molecule has 0 aromatic carbocycles. The molecule has 2 nitrogen and oxygen atoms in total. The zero-order valence-electron chi connectivity index (χ0n) is 7.46. The Morgan fingerprint density at radius 1 is 1.00 bits per heavy atom. The van der Waals surface area contributed by atoms with Gasteiger partial charge in [0.2, 0.25) is 0 Å². The average molecular weight is 160 g/mol. The van der Waals surface area contributed by atoms with Crippen LogP contribution in [0.4, 0.5) is 0 Å². The molecular formula is C10H12N2. The maximum Gasteiger partial charge on any atom is 0.100 e. The lowest BCUT2D eigenvalue weighted by atomic mass is 10.1. The van der Waals surface area contributed by atoms with Gasteiger partial charge in [0, 0.05) is 0 Å². The van der Waals surface area contributed by atoms with Crippen LogP contribution in [0.1, 0.15) is 26.7 Å². The van der Waals surface area contributed by atoms with Crippen molar-refractivity contribution < 1.29 is 0 Å². The molecule has 0 aromatic heterocycles. The SMILES string of the molecule is CCC=C(C#N)/C(C#N)=C\CC. The summed E-state index contributed by atoms with van der Waals surface area (Å²) in [6.45, 7) is 3.89. The fourth-order valence-corrected chi connectivity index (χ4v) is 0.840. The van der Waals surface area contributed by atoms with E-state index in [-0.39, 0.29) is 0 Å². The first-order valence-corrected chi connectivity index (χ1v) is 4.01. The highest BCUT2D eigenvalue weighted by Crippen LogP contribution is 2.09. The Labute approximate surface area is 73.4 Å². The monoisotopic (exact) mass is 160 g/mol. The van der Waals surface area contributed by atoms with E-state index >= 15 is 0 Å². The van der Waals surface area contributed by atoms with E-state index in [1.165, 1.54) is 0 Å². The largest absolute Gasteiger partial charge is 0.192 e. The van der Waals surface area contributed by atoms with E-state index in [4.69, 9.17) is 10.5 Å². The Hall–Kier alpha value is -1.54. The summed E-state index contributed by atoms with van der Waals surface area (Å²) < 4.78 is 0. The molecule has 0 fully saturated rings. The topological polar surface area (TPSA) is 47.6 Å². The molecule has 0 radical (unpaired) electrons. The van der Waals surface area contributed by atoms with Gasteiger partial charge in [0.1, 0.15) is 12.1 Å². The second-order valence-corrected chi connectivity index (χ2v) is 2.28. The minimum atomic E-state index is 0.488. The van der Waals surface area contributed by atoms with Crippen LogP contribution in [0.3, 0.4) is 0 Å². The van der Waals surface area contributed by atoms with Gasteiger partial charge in [-0.2, -0.15) is 10.5 Å². The van der Waals surface area contributed by atoms with Gasteiger partial charge < -0.3 is 0 Å². The maximum atomic E-state index is 8.68. The molecule has 0 aromatic rings. The van der Waals surface area contributed by atoms with Gasteiger partial charge in [0.05, 0.1) is 11.1 Å². The number of rotatable bonds is 3. The molecule has 0 rings (SSSR count). The molecule has 0 aliphatic heterocycles. The lowest BCUT2D eigenvalue weighted by Gasteiger charge is -1.92. The van der Waals surface area contributed by atoms with E-state index in [1.807, 2.05) is 26.0 Å². The molecule has 0 spiro atoms. The fraction of sp³-hybridized carbons (Fsp3) is 0.400. The first-order valence-electron chi connectivity index (χ1n) is 4.01. The molecule has 0 atom stereocenters. The van der Waals surface area contributed by atoms with Gasteiger partial charge in [0.15, 0.2) is 0 Å². The number of hydrogen-bond donors (Lipinski definition) is 0. The Bertz CT molecular complexity index is 241. The molecule has 0 N–H and O–H groups in total. The molecule has 0 heterocycles. The van der Waals surface area contributed by atoms with Crippen LogP contribution in [0, 0.1) is 22.7 Å². The fourth-order valence-electron chi connectivity index (χ4n) is 0.840. The number of hydrogen-bond acceptors (Lipinski definition) is 2. The first-order chi connectivity index (χ1) is 5.79. The van der Waals surface area contributed by atoms with E-state index in [0.29, 0.717) is 11.1 Å². The quantitative estimate of drug-likeness (QED) is 0.470. The van der Waals surface area contributed by atoms with Crippen molar-refractivity contribution in [2.45, 2.75) is 26.7 Å². The highest BCUT2D eigenvalue weighted by Gasteiger charge is 2.00. The highest BCUT2D eigenvalue weighted by molar-refractivity contribution is 5.49. The highest BCUT2D eigenvalue weighted by atomic mass is 14.3. The van der Waals surface area contributed by atoms with Crippen LogP contribution in [-0.2, 0) is 0 Å². The van der Waals surface area contributed by atoms with Gasteiger partial charge >= 0.3 is 0 Å². The van der Waals surface area contributed by atoms with Crippen molar-refractivity contribution in [2.75, 3.05) is 0 Å². The van der Waals surface area contributed by atoms with E-state index < -0.39 is 0 Å². The summed E-state index contributed by atoms with van der Waals surface area (Å²) >= 11 is 0. The summed E-state index contributed by atoms with van der Waals surface area (Å²) in [4.78, 5) is 0. The van der Waals surface area contributed by atoms with Crippen LogP contribution >= 0.6 is 0 Å². The molecule has 2 heteroatoms. The van der Waals surface area contributed by atoms with Gasteiger partial charge in [-0.25, -0.2) is 0 Å². The lowest BCUT2D eigenvalue weighted by Crippen LogP contribution is -1.83. The third-order valence-corrected chi connectivity index (χ3v) is 1.35. The Balaban J connectivity index is 4.75. The van der Waals surface area contributed by atoms with E-state index in [1.54, 1.807) is 12.2 Å². The van der Waals surface area contributed by atoms with Crippen molar-refractivity contribution in [2.24, 2.45) is 0 Å². The van der Waals surface area contributed by atoms with Crippen LogP contribution in [-0.4, -0.2) is 0 Å². The van der Waals surface area contributed by atoms with Crippen molar-refractivity contribution in [3.63, 3.8) is 0 Å².